The van der Waals surface area contributed by atoms with Crippen LogP contribution < -0.4 is 5.32 Å². The number of carbonyl (C=O) groups is 1. The summed E-state index contributed by atoms with van der Waals surface area (Å²) in [4.78, 5) is 14.7. The van der Waals surface area contributed by atoms with Crippen molar-refractivity contribution in [2.24, 2.45) is 0 Å². The fraction of sp³-hybridized carbons (Fsp3) is 0.450. The Morgan fingerprint density at radius 3 is 2.40 bits per heavy atom. The number of hydrogen-bond acceptors (Lipinski definition) is 3. The molecule has 2 heterocycles. The lowest BCUT2D eigenvalue weighted by molar-refractivity contribution is 0.0905. The second kappa shape index (κ2) is 9.64. The van der Waals surface area contributed by atoms with Crippen LogP contribution in [0.2, 0.25) is 0 Å². The average Bonchev–Trinajstić information content (AvgIpc) is 3.01. The van der Waals surface area contributed by atoms with Crippen LogP contribution in [-0.2, 0) is 0 Å². The highest BCUT2D eigenvalue weighted by molar-refractivity contribution is 5.91. The first kappa shape index (κ1) is 19.5. The van der Waals surface area contributed by atoms with E-state index in [1.165, 1.54) is 43.1 Å². The van der Waals surface area contributed by atoms with E-state index >= 15 is 0 Å². The van der Waals surface area contributed by atoms with Gasteiger partial charge in [-0.2, -0.15) is 0 Å². The molecule has 5 heteroatoms. The number of nitrogens with one attached hydrogen (secondary N) is 1. The van der Waals surface area contributed by atoms with E-state index in [1.54, 1.807) is 12.1 Å². The van der Waals surface area contributed by atoms with Gasteiger partial charge in [0.2, 0.25) is 0 Å². The third-order valence-electron chi connectivity index (χ3n) is 4.74. The second-order valence-electron chi connectivity index (χ2n) is 6.56. The fourth-order valence-corrected chi connectivity index (χ4v) is 3.34. The highest BCUT2D eigenvalue weighted by Crippen LogP contribution is 2.24. The Bertz CT molecular complexity index is 632. The van der Waals surface area contributed by atoms with E-state index in [1.807, 2.05) is 0 Å². The van der Waals surface area contributed by atoms with Gasteiger partial charge in [0.15, 0.2) is 5.76 Å². The lowest BCUT2D eigenvalue weighted by Crippen LogP contribution is -2.38. The standard InChI is InChI=1S/C20H26N2O2.ClH/c1-16-8-10-17(11-9-16)18(22-12-4-2-3-5-13-22)15-21-20(23)19-7-6-14-24-19;/h6-11,14,18H,2-5,12-13,15H2,1H3,(H,21,23);1H. The van der Waals surface area contributed by atoms with Gasteiger partial charge in [-0.1, -0.05) is 42.7 Å². The molecule has 1 unspecified atom stereocenters. The Balaban J connectivity index is 0.00000225. The van der Waals surface area contributed by atoms with E-state index in [9.17, 15) is 4.79 Å². The van der Waals surface area contributed by atoms with E-state index in [0.29, 0.717) is 12.3 Å². The first-order valence-corrected chi connectivity index (χ1v) is 8.86. The van der Waals surface area contributed by atoms with Gasteiger partial charge in [-0.3, -0.25) is 9.69 Å². The Morgan fingerprint density at radius 1 is 1.12 bits per heavy atom. The van der Waals surface area contributed by atoms with Crippen LogP contribution in [0.25, 0.3) is 0 Å². The maximum absolute atomic E-state index is 12.2. The van der Waals surface area contributed by atoms with Crippen molar-refractivity contribution in [3.8, 4) is 0 Å². The van der Waals surface area contributed by atoms with E-state index in [0.717, 1.165) is 13.1 Å². The molecule has 1 aromatic carbocycles. The second-order valence-corrected chi connectivity index (χ2v) is 6.56. The van der Waals surface area contributed by atoms with Crippen molar-refractivity contribution in [3.05, 3.63) is 59.5 Å². The van der Waals surface area contributed by atoms with E-state index in [4.69, 9.17) is 4.42 Å². The van der Waals surface area contributed by atoms with Gasteiger partial charge in [0.1, 0.15) is 0 Å². The minimum absolute atomic E-state index is 0. The van der Waals surface area contributed by atoms with Gasteiger partial charge in [0.05, 0.1) is 12.3 Å². The zero-order valence-corrected chi connectivity index (χ0v) is 15.6. The topological polar surface area (TPSA) is 45.5 Å². The normalized spacial score (nSPS) is 16.5. The highest BCUT2D eigenvalue weighted by atomic mass is 35.5. The third kappa shape index (κ3) is 5.35. The van der Waals surface area contributed by atoms with Crippen molar-refractivity contribution in [3.63, 3.8) is 0 Å². The number of carbonyl (C=O) groups excluding carboxylic acids is 1. The summed E-state index contributed by atoms with van der Waals surface area (Å²) in [6, 6.07) is 12.3. The Morgan fingerprint density at radius 2 is 1.80 bits per heavy atom. The molecule has 1 aliphatic rings. The molecular formula is C20H27ClN2O2. The molecule has 1 saturated heterocycles. The summed E-state index contributed by atoms with van der Waals surface area (Å²) in [6.45, 7) is 4.89. The predicted molar refractivity (Wildman–Crippen MR) is 102 cm³/mol. The molecular weight excluding hydrogens is 336 g/mol. The Kier molecular flexibility index (Phi) is 7.53. The largest absolute Gasteiger partial charge is 0.459 e. The van der Waals surface area contributed by atoms with Crippen molar-refractivity contribution in [1.29, 1.82) is 0 Å². The maximum Gasteiger partial charge on any atom is 0.287 e. The zero-order chi connectivity index (χ0) is 16.8. The van der Waals surface area contributed by atoms with Crippen LogP contribution in [0.5, 0.6) is 0 Å². The number of likely N-dealkylation sites (tertiary alicyclic amines) is 1. The number of nitrogens with zero attached hydrogens (tertiary/aromatic N) is 1. The fourth-order valence-electron chi connectivity index (χ4n) is 3.34. The highest BCUT2D eigenvalue weighted by Gasteiger charge is 2.22. The monoisotopic (exact) mass is 362 g/mol. The smallest absolute Gasteiger partial charge is 0.287 e. The number of furan rings is 1. The Hall–Kier alpha value is -1.78. The molecule has 1 N–H and O–H groups in total. The minimum Gasteiger partial charge on any atom is -0.459 e. The van der Waals surface area contributed by atoms with Gasteiger partial charge in [0.25, 0.3) is 5.91 Å². The zero-order valence-electron chi connectivity index (χ0n) is 14.7. The van der Waals surface area contributed by atoms with Crippen LogP contribution in [0.3, 0.4) is 0 Å². The molecule has 1 aromatic heterocycles. The molecule has 2 aromatic rings. The molecule has 3 rings (SSSR count). The maximum atomic E-state index is 12.2. The van der Waals surface area contributed by atoms with Gasteiger partial charge < -0.3 is 9.73 Å². The molecule has 136 valence electrons. The van der Waals surface area contributed by atoms with Gasteiger partial charge in [-0.15, -0.1) is 12.4 Å². The van der Waals surface area contributed by atoms with E-state index in [2.05, 4.69) is 41.4 Å². The number of rotatable bonds is 5. The third-order valence-corrected chi connectivity index (χ3v) is 4.74. The molecule has 0 spiro atoms. The SMILES string of the molecule is Cc1ccc(C(CNC(=O)c2ccco2)N2CCCCCC2)cc1.Cl. The molecule has 0 saturated carbocycles. The lowest BCUT2D eigenvalue weighted by Gasteiger charge is -2.31. The molecule has 1 aliphatic heterocycles. The van der Waals surface area contributed by atoms with Crippen LogP contribution in [0.1, 0.15) is 53.4 Å². The molecule has 25 heavy (non-hydrogen) atoms. The van der Waals surface area contributed by atoms with E-state index in [-0.39, 0.29) is 24.4 Å². The van der Waals surface area contributed by atoms with Crippen LogP contribution in [-0.4, -0.2) is 30.4 Å². The summed E-state index contributed by atoms with van der Waals surface area (Å²) >= 11 is 0. The van der Waals surface area contributed by atoms with Crippen molar-refractivity contribution >= 4 is 18.3 Å². The van der Waals surface area contributed by atoms with Crippen molar-refractivity contribution < 1.29 is 9.21 Å². The number of hydrogen-bond donors (Lipinski definition) is 1. The van der Waals surface area contributed by atoms with Crippen LogP contribution in [0.15, 0.2) is 47.1 Å². The summed E-state index contributed by atoms with van der Waals surface area (Å²) in [5.74, 6) is 0.223. The quantitative estimate of drug-likeness (QED) is 0.859. The summed E-state index contributed by atoms with van der Waals surface area (Å²) < 4.78 is 5.19. The van der Waals surface area contributed by atoms with Crippen molar-refractivity contribution in [2.75, 3.05) is 19.6 Å². The van der Waals surface area contributed by atoms with Gasteiger partial charge in [-0.25, -0.2) is 0 Å². The lowest BCUT2D eigenvalue weighted by atomic mass is 10.0. The van der Waals surface area contributed by atoms with Gasteiger partial charge in [-0.05, 0) is 50.6 Å². The predicted octanol–water partition coefficient (Wildman–Crippen LogP) is 4.36. The summed E-state index contributed by atoms with van der Waals surface area (Å²) in [7, 11) is 0. The average molecular weight is 363 g/mol. The first-order valence-electron chi connectivity index (χ1n) is 8.86. The molecule has 0 radical (unpaired) electrons. The molecule has 1 atom stereocenters. The summed E-state index contributed by atoms with van der Waals surface area (Å²) in [5.41, 5.74) is 2.52. The Labute approximate surface area is 156 Å². The number of aryl methyl sites for hydroxylation is 1. The van der Waals surface area contributed by atoms with Crippen LogP contribution in [0.4, 0.5) is 0 Å². The summed E-state index contributed by atoms with van der Waals surface area (Å²) in [5, 5.41) is 3.04. The number of halogens is 1. The number of amides is 1. The van der Waals surface area contributed by atoms with Crippen molar-refractivity contribution in [2.45, 2.75) is 38.6 Å². The molecule has 1 fully saturated rings. The first-order chi connectivity index (χ1) is 11.7. The minimum atomic E-state index is -0.146. The van der Waals surface area contributed by atoms with Crippen LogP contribution in [0, 0.1) is 6.92 Å². The van der Waals surface area contributed by atoms with Gasteiger partial charge >= 0.3 is 0 Å². The molecule has 0 aliphatic carbocycles. The van der Waals surface area contributed by atoms with Crippen molar-refractivity contribution in [1.82, 2.24) is 10.2 Å². The molecule has 0 bridgehead atoms. The molecule has 4 nitrogen and oxygen atoms in total. The summed E-state index contributed by atoms with van der Waals surface area (Å²) in [6.07, 6.45) is 6.59. The molecule has 1 amide bonds. The van der Waals surface area contributed by atoms with Gasteiger partial charge in [0, 0.05) is 6.54 Å². The van der Waals surface area contributed by atoms with E-state index < -0.39 is 0 Å². The van der Waals surface area contributed by atoms with Crippen LogP contribution >= 0.6 is 12.4 Å². The number of benzene rings is 1.